The lowest BCUT2D eigenvalue weighted by Crippen LogP contribution is -2.50. The number of carbonyl (C=O) groups excluding carboxylic acids is 2. The summed E-state index contributed by atoms with van der Waals surface area (Å²) >= 11 is 3.29. The number of amides is 1. The summed E-state index contributed by atoms with van der Waals surface area (Å²) in [5, 5.41) is 0. The lowest BCUT2D eigenvalue weighted by molar-refractivity contribution is -0.127. The van der Waals surface area contributed by atoms with Crippen molar-refractivity contribution < 1.29 is 22.7 Å². The van der Waals surface area contributed by atoms with Crippen LogP contribution in [0.1, 0.15) is 15.9 Å². The molecule has 0 spiro atoms. The summed E-state index contributed by atoms with van der Waals surface area (Å²) < 4.78 is 32.3. The number of esters is 1. The zero-order chi connectivity index (χ0) is 21.7. The second kappa shape index (κ2) is 9.55. The van der Waals surface area contributed by atoms with E-state index in [9.17, 15) is 18.0 Å². The number of ether oxygens (including phenoxy) is 1. The minimum Gasteiger partial charge on any atom is -0.465 e. The number of hydrogen-bond donors (Lipinski definition) is 0. The van der Waals surface area contributed by atoms with Crippen molar-refractivity contribution in [2.75, 3.05) is 33.3 Å². The Morgan fingerprint density at radius 3 is 2.30 bits per heavy atom. The highest BCUT2D eigenvalue weighted by Crippen LogP contribution is 2.21. The molecule has 2 aromatic carbocycles. The average molecular weight is 493 g/mol. The molecule has 1 aliphatic heterocycles. The quantitative estimate of drug-likeness (QED) is 0.473. The number of nitrogens with zero attached hydrogens (tertiary/aromatic N) is 2. The van der Waals surface area contributed by atoms with Crippen molar-refractivity contribution in [1.29, 1.82) is 0 Å². The van der Waals surface area contributed by atoms with Crippen LogP contribution in [0.4, 0.5) is 0 Å². The number of halogens is 1. The maximum absolute atomic E-state index is 12.8. The van der Waals surface area contributed by atoms with Crippen molar-refractivity contribution >= 4 is 43.9 Å². The van der Waals surface area contributed by atoms with E-state index in [0.717, 1.165) is 5.56 Å². The number of benzene rings is 2. The summed E-state index contributed by atoms with van der Waals surface area (Å²) in [5.74, 6) is -0.608. The largest absolute Gasteiger partial charge is 0.465 e. The van der Waals surface area contributed by atoms with Crippen LogP contribution in [0.2, 0.25) is 0 Å². The molecule has 3 rings (SSSR count). The maximum atomic E-state index is 12.8. The number of sulfonamides is 1. The van der Waals surface area contributed by atoms with Crippen LogP contribution in [0, 0.1) is 0 Å². The van der Waals surface area contributed by atoms with E-state index in [-0.39, 0.29) is 23.9 Å². The highest BCUT2D eigenvalue weighted by Gasteiger charge is 2.29. The van der Waals surface area contributed by atoms with E-state index in [1.165, 1.54) is 17.5 Å². The van der Waals surface area contributed by atoms with Gasteiger partial charge in [-0.05, 0) is 42.0 Å². The van der Waals surface area contributed by atoms with Crippen molar-refractivity contribution in [2.24, 2.45) is 0 Å². The zero-order valence-corrected chi connectivity index (χ0v) is 18.7. The molecule has 1 saturated heterocycles. The van der Waals surface area contributed by atoms with Crippen molar-refractivity contribution in [1.82, 2.24) is 9.21 Å². The van der Waals surface area contributed by atoms with Crippen LogP contribution in [0.5, 0.6) is 0 Å². The predicted molar refractivity (Wildman–Crippen MR) is 116 cm³/mol. The monoisotopic (exact) mass is 492 g/mol. The molecule has 9 heteroatoms. The van der Waals surface area contributed by atoms with Crippen molar-refractivity contribution in [3.63, 3.8) is 0 Å². The van der Waals surface area contributed by atoms with Gasteiger partial charge in [-0.2, -0.15) is 4.31 Å². The Balaban J connectivity index is 1.59. The molecule has 0 N–H and O–H groups in total. The molecule has 0 saturated carbocycles. The van der Waals surface area contributed by atoms with Gasteiger partial charge in [0.15, 0.2) is 0 Å². The average Bonchev–Trinajstić information content (AvgIpc) is 2.77. The third-order valence-electron chi connectivity index (χ3n) is 4.73. The number of rotatable bonds is 5. The van der Waals surface area contributed by atoms with Crippen LogP contribution in [0.25, 0.3) is 6.08 Å². The van der Waals surface area contributed by atoms with Crippen LogP contribution in [0.15, 0.2) is 64.0 Å². The Kier molecular flexibility index (Phi) is 7.06. The number of carbonyl (C=O) groups is 2. The molecule has 2 aromatic rings. The lowest BCUT2D eigenvalue weighted by Gasteiger charge is -2.33. The minimum absolute atomic E-state index is 0.188. The highest BCUT2D eigenvalue weighted by molar-refractivity contribution is 9.10. The van der Waals surface area contributed by atoms with Gasteiger partial charge in [-0.1, -0.05) is 34.1 Å². The van der Waals surface area contributed by atoms with Gasteiger partial charge in [0.1, 0.15) is 0 Å². The van der Waals surface area contributed by atoms with Crippen molar-refractivity contribution in [2.45, 2.75) is 4.90 Å². The number of piperazine rings is 1. The highest BCUT2D eigenvalue weighted by atomic mass is 79.9. The second-order valence-electron chi connectivity index (χ2n) is 6.63. The smallest absolute Gasteiger partial charge is 0.337 e. The maximum Gasteiger partial charge on any atom is 0.337 e. The first-order valence-electron chi connectivity index (χ1n) is 9.22. The summed E-state index contributed by atoms with van der Waals surface area (Å²) in [6, 6.07) is 13.3. The Morgan fingerprint density at radius 1 is 1.03 bits per heavy atom. The first kappa shape index (κ1) is 22.2. The van der Waals surface area contributed by atoms with Gasteiger partial charge in [-0.3, -0.25) is 4.79 Å². The Labute approximate surface area is 184 Å². The van der Waals surface area contributed by atoms with Crippen LogP contribution in [0.3, 0.4) is 0 Å². The third-order valence-corrected chi connectivity index (χ3v) is 7.12. The van der Waals surface area contributed by atoms with E-state index in [4.69, 9.17) is 0 Å². The molecule has 0 atom stereocenters. The van der Waals surface area contributed by atoms with E-state index in [1.54, 1.807) is 59.5 Å². The Morgan fingerprint density at radius 2 is 1.70 bits per heavy atom. The van der Waals surface area contributed by atoms with Gasteiger partial charge in [0.05, 0.1) is 17.6 Å². The second-order valence-corrected chi connectivity index (χ2v) is 9.49. The van der Waals surface area contributed by atoms with Crippen LogP contribution in [-0.2, 0) is 19.6 Å². The normalized spacial score (nSPS) is 15.3. The Bertz CT molecular complexity index is 1060. The summed E-state index contributed by atoms with van der Waals surface area (Å²) in [4.78, 5) is 25.8. The van der Waals surface area contributed by atoms with Crippen LogP contribution in [-0.4, -0.2) is 62.8 Å². The molecule has 158 valence electrons. The zero-order valence-electron chi connectivity index (χ0n) is 16.3. The first-order valence-corrected chi connectivity index (χ1v) is 11.5. The van der Waals surface area contributed by atoms with Crippen molar-refractivity contribution in [3.05, 3.63) is 70.2 Å². The van der Waals surface area contributed by atoms with E-state index >= 15 is 0 Å². The number of hydrogen-bond acceptors (Lipinski definition) is 5. The molecule has 0 aromatic heterocycles. The van der Waals surface area contributed by atoms with Gasteiger partial charge in [-0.25, -0.2) is 13.2 Å². The summed E-state index contributed by atoms with van der Waals surface area (Å²) in [7, 11) is -2.27. The molecular weight excluding hydrogens is 472 g/mol. The van der Waals surface area contributed by atoms with Gasteiger partial charge in [0.25, 0.3) is 0 Å². The van der Waals surface area contributed by atoms with E-state index < -0.39 is 16.0 Å². The molecule has 0 aliphatic carbocycles. The lowest BCUT2D eigenvalue weighted by atomic mass is 10.1. The standard InChI is InChI=1S/C21H21BrN2O5S/c1-29-21(26)17-8-5-16(6-9-17)7-10-20(25)23-11-13-24(14-12-23)30(27,28)19-4-2-3-18(22)15-19/h2-10,15H,11-14H2,1H3/b10-7+. The molecule has 0 radical (unpaired) electrons. The van der Waals surface area contributed by atoms with Gasteiger partial charge >= 0.3 is 5.97 Å². The molecule has 30 heavy (non-hydrogen) atoms. The molecule has 1 aliphatic rings. The fourth-order valence-electron chi connectivity index (χ4n) is 3.05. The summed E-state index contributed by atoms with van der Waals surface area (Å²) in [6.07, 6.45) is 3.11. The molecule has 1 heterocycles. The topological polar surface area (TPSA) is 84.0 Å². The molecular formula is C21H21BrN2O5S. The molecule has 0 bridgehead atoms. The van der Waals surface area contributed by atoms with Gasteiger partial charge in [0.2, 0.25) is 15.9 Å². The molecule has 1 amide bonds. The predicted octanol–water partition coefficient (Wildman–Crippen LogP) is 2.78. The molecule has 7 nitrogen and oxygen atoms in total. The number of methoxy groups -OCH3 is 1. The van der Waals surface area contributed by atoms with E-state index in [2.05, 4.69) is 20.7 Å². The summed E-state index contributed by atoms with van der Waals surface area (Å²) in [5.41, 5.74) is 1.20. The Hall–Kier alpha value is -2.49. The first-order chi connectivity index (χ1) is 14.3. The minimum atomic E-state index is -3.59. The van der Waals surface area contributed by atoms with E-state index in [0.29, 0.717) is 23.1 Å². The SMILES string of the molecule is COC(=O)c1ccc(/C=C/C(=O)N2CCN(S(=O)(=O)c3cccc(Br)c3)CC2)cc1. The van der Waals surface area contributed by atoms with Gasteiger partial charge < -0.3 is 9.64 Å². The van der Waals surface area contributed by atoms with Gasteiger partial charge in [-0.15, -0.1) is 0 Å². The third kappa shape index (κ3) is 5.16. The van der Waals surface area contributed by atoms with Crippen LogP contribution < -0.4 is 0 Å². The van der Waals surface area contributed by atoms with Gasteiger partial charge in [0, 0.05) is 36.7 Å². The fraction of sp³-hybridized carbons (Fsp3) is 0.238. The van der Waals surface area contributed by atoms with Crippen LogP contribution >= 0.6 is 15.9 Å². The van der Waals surface area contributed by atoms with E-state index in [1.807, 2.05) is 0 Å². The molecule has 1 fully saturated rings. The molecule has 0 unspecified atom stereocenters. The summed E-state index contributed by atoms with van der Waals surface area (Å²) in [6.45, 7) is 1.11. The van der Waals surface area contributed by atoms with Crippen molar-refractivity contribution in [3.8, 4) is 0 Å². The fourth-order valence-corrected chi connectivity index (χ4v) is 5.07.